The maximum Gasteiger partial charge on any atom is 0.251 e. The van der Waals surface area contributed by atoms with Gasteiger partial charge in [0.25, 0.3) is 5.91 Å². The fourth-order valence-electron chi connectivity index (χ4n) is 2.09. The Hall–Kier alpha value is -3.29. The summed E-state index contributed by atoms with van der Waals surface area (Å²) in [6.07, 6.45) is 0. The number of amides is 1. The highest BCUT2D eigenvalue weighted by molar-refractivity contribution is 5.94. The van der Waals surface area contributed by atoms with Gasteiger partial charge in [0.1, 0.15) is 17.5 Å². The fourth-order valence-corrected chi connectivity index (χ4v) is 2.09. The number of anilines is 1. The zero-order valence-corrected chi connectivity index (χ0v) is 12.4. The second-order valence-corrected chi connectivity index (χ2v) is 5.07. The first-order valence-electron chi connectivity index (χ1n) is 7.03. The lowest BCUT2D eigenvalue weighted by Gasteiger charge is -2.03. The number of nitrogens with two attached hydrogens (primary N) is 1. The van der Waals surface area contributed by atoms with E-state index in [4.69, 9.17) is 5.73 Å². The summed E-state index contributed by atoms with van der Waals surface area (Å²) < 4.78 is 26.4. The Morgan fingerprint density at radius 1 is 1.12 bits per heavy atom. The maximum atomic E-state index is 13.2. The number of benzene rings is 2. The van der Waals surface area contributed by atoms with Gasteiger partial charge in [-0.05, 0) is 36.4 Å². The fraction of sp³-hybridized carbons (Fsp3) is 0.0625. The number of nitrogens with zero attached hydrogens (tertiary/aromatic N) is 2. The topological polar surface area (TPSA) is 96.7 Å². The standard InChI is InChI=1S/C16H13F2N5O/c17-11-5-10(6-12(18)7-11)15-21-14(22-23-15)8-20-16(24)9-1-3-13(19)4-2-9/h1-7H,8,19H2,(H,20,24)(H,21,22,23). The van der Waals surface area contributed by atoms with Gasteiger partial charge in [0, 0.05) is 22.9 Å². The van der Waals surface area contributed by atoms with Gasteiger partial charge in [-0.2, -0.15) is 5.10 Å². The lowest BCUT2D eigenvalue weighted by atomic mass is 10.2. The van der Waals surface area contributed by atoms with Crippen molar-refractivity contribution in [2.24, 2.45) is 0 Å². The minimum atomic E-state index is -0.715. The van der Waals surface area contributed by atoms with E-state index in [1.165, 1.54) is 0 Å². The van der Waals surface area contributed by atoms with Crippen molar-refractivity contribution in [2.45, 2.75) is 6.54 Å². The number of aromatic nitrogens is 3. The number of H-pyrrole nitrogens is 1. The molecule has 3 rings (SSSR count). The molecule has 1 heterocycles. The van der Waals surface area contributed by atoms with Gasteiger partial charge in [-0.3, -0.25) is 9.89 Å². The summed E-state index contributed by atoms with van der Waals surface area (Å²) in [4.78, 5) is 16.1. The molecule has 0 atom stereocenters. The summed E-state index contributed by atoms with van der Waals surface area (Å²) in [5.41, 5.74) is 6.79. The number of hydrogen-bond donors (Lipinski definition) is 3. The van der Waals surface area contributed by atoms with E-state index in [1.807, 2.05) is 0 Å². The Balaban J connectivity index is 1.68. The Kier molecular flexibility index (Phi) is 4.19. The first-order valence-corrected chi connectivity index (χ1v) is 7.03. The highest BCUT2D eigenvalue weighted by Gasteiger charge is 2.10. The summed E-state index contributed by atoms with van der Waals surface area (Å²) in [5.74, 6) is -1.23. The molecule has 122 valence electrons. The number of aromatic amines is 1. The summed E-state index contributed by atoms with van der Waals surface area (Å²) in [6.45, 7) is 0.0913. The molecule has 3 aromatic rings. The van der Waals surface area contributed by atoms with Crippen LogP contribution in [0, 0.1) is 11.6 Å². The van der Waals surface area contributed by atoms with E-state index in [9.17, 15) is 13.6 Å². The molecule has 0 unspecified atom stereocenters. The summed E-state index contributed by atoms with van der Waals surface area (Å²) in [7, 11) is 0. The van der Waals surface area contributed by atoms with Crippen molar-refractivity contribution in [1.29, 1.82) is 0 Å². The number of carbonyl (C=O) groups excluding carboxylic acids is 1. The molecule has 0 radical (unpaired) electrons. The van der Waals surface area contributed by atoms with E-state index >= 15 is 0 Å². The molecular weight excluding hydrogens is 316 g/mol. The molecule has 24 heavy (non-hydrogen) atoms. The summed E-state index contributed by atoms with van der Waals surface area (Å²) in [6, 6.07) is 9.48. The van der Waals surface area contributed by atoms with Crippen LogP contribution in [0.2, 0.25) is 0 Å². The minimum absolute atomic E-state index is 0.0913. The molecule has 4 N–H and O–H groups in total. The maximum absolute atomic E-state index is 13.2. The molecule has 0 aliphatic heterocycles. The van der Waals surface area contributed by atoms with Crippen molar-refractivity contribution in [3.8, 4) is 11.4 Å². The molecular formula is C16H13F2N5O. The van der Waals surface area contributed by atoms with Crippen LogP contribution in [0.4, 0.5) is 14.5 Å². The highest BCUT2D eigenvalue weighted by atomic mass is 19.1. The van der Waals surface area contributed by atoms with E-state index in [0.717, 1.165) is 18.2 Å². The molecule has 0 aliphatic rings. The van der Waals surface area contributed by atoms with Crippen molar-refractivity contribution < 1.29 is 13.6 Å². The average Bonchev–Trinajstić information content (AvgIpc) is 3.01. The largest absolute Gasteiger partial charge is 0.399 e. The minimum Gasteiger partial charge on any atom is -0.399 e. The van der Waals surface area contributed by atoms with E-state index in [0.29, 0.717) is 17.1 Å². The first kappa shape index (κ1) is 15.6. The number of nitrogen functional groups attached to an aromatic ring is 1. The van der Waals surface area contributed by atoms with Gasteiger partial charge >= 0.3 is 0 Å². The van der Waals surface area contributed by atoms with E-state index in [-0.39, 0.29) is 23.8 Å². The number of hydrogen-bond acceptors (Lipinski definition) is 4. The molecule has 8 heteroatoms. The van der Waals surface area contributed by atoms with Crippen molar-refractivity contribution in [2.75, 3.05) is 5.73 Å². The van der Waals surface area contributed by atoms with Crippen molar-refractivity contribution >= 4 is 11.6 Å². The Morgan fingerprint density at radius 3 is 2.46 bits per heavy atom. The molecule has 1 amide bonds. The molecule has 0 saturated carbocycles. The predicted octanol–water partition coefficient (Wildman–Crippen LogP) is 2.26. The van der Waals surface area contributed by atoms with Crippen LogP contribution in [0.1, 0.15) is 16.2 Å². The van der Waals surface area contributed by atoms with Crippen LogP contribution in [0.25, 0.3) is 11.4 Å². The highest BCUT2D eigenvalue weighted by Crippen LogP contribution is 2.17. The SMILES string of the molecule is Nc1ccc(C(=O)NCc2nc(-c3cc(F)cc(F)c3)n[nH]2)cc1. The first-order chi connectivity index (χ1) is 11.5. The monoisotopic (exact) mass is 329 g/mol. The van der Waals surface area contributed by atoms with Gasteiger partial charge in [-0.25, -0.2) is 13.8 Å². The molecule has 0 bridgehead atoms. The normalized spacial score (nSPS) is 10.6. The molecule has 2 aromatic carbocycles. The van der Waals surface area contributed by atoms with Crippen LogP contribution in [0.15, 0.2) is 42.5 Å². The second kappa shape index (κ2) is 6.45. The Labute approximate surface area is 135 Å². The second-order valence-electron chi connectivity index (χ2n) is 5.07. The van der Waals surface area contributed by atoms with Crippen LogP contribution < -0.4 is 11.1 Å². The van der Waals surface area contributed by atoms with Crippen molar-refractivity contribution in [3.63, 3.8) is 0 Å². The lowest BCUT2D eigenvalue weighted by molar-refractivity contribution is 0.0950. The van der Waals surface area contributed by atoms with Gasteiger partial charge in [-0.15, -0.1) is 0 Å². The summed E-state index contributed by atoms with van der Waals surface area (Å²) in [5, 5.41) is 9.17. The zero-order chi connectivity index (χ0) is 17.1. The molecule has 0 aliphatic carbocycles. The molecule has 6 nitrogen and oxygen atoms in total. The molecule has 0 saturated heterocycles. The number of rotatable bonds is 4. The Bertz CT molecular complexity index is 856. The number of nitrogens with one attached hydrogen (secondary N) is 2. The number of halogens is 2. The molecule has 0 fully saturated rings. The smallest absolute Gasteiger partial charge is 0.251 e. The van der Waals surface area contributed by atoms with E-state index < -0.39 is 11.6 Å². The Morgan fingerprint density at radius 2 is 1.79 bits per heavy atom. The van der Waals surface area contributed by atoms with Crippen molar-refractivity contribution in [3.05, 3.63) is 65.5 Å². The third-order valence-corrected chi connectivity index (χ3v) is 3.24. The van der Waals surface area contributed by atoms with Gasteiger partial charge in [0.2, 0.25) is 0 Å². The van der Waals surface area contributed by atoms with Gasteiger partial charge < -0.3 is 11.1 Å². The van der Waals surface area contributed by atoms with Gasteiger partial charge in [0.15, 0.2) is 5.82 Å². The molecule has 1 aromatic heterocycles. The van der Waals surface area contributed by atoms with Crippen LogP contribution in [-0.4, -0.2) is 21.1 Å². The van der Waals surface area contributed by atoms with Gasteiger partial charge in [0.05, 0.1) is 6.54 Å². The quantitative estimate of drug-likeness (QED) is 0.640. The van der Waals surface area contributed by atoms with Crippen LogP contribution in [-0.2, 0) is 6.54 Å². The number of carbonyl (C=O) groups is 1. The van der Waals surface area contributed by atoms with Crippen LogP contribution in [0.3, 0.4) is 0 Å². The van der Waals surface area contributed by atoms with E-state index in [2.05, 4.69) is 20.5 Å². The van der Waals surface area contributed by atoms with Gasteiger partial charge in [-0.1, -0.05) is 0 Å². The third-order valence-electron chi connectivity index (χ3n) is 3.24. The third kappa shape index (κ3) is 3.54. The summed E-state index contributed by atoms with van der Waals surface area (Å²) >= 11 is 0. The van der Waals surface area contributed by atoms with Crippen LogP contribution >= 0.6 is 0 Å². The predicted molar refractivity (Wildman–Crippen MR) is 83.8 cm³/mol. The molecule has 0 spiro atoms. The van der Waals surface area contributed by atoms with Crippen molar-refractivity contribution in [1.82, 2.24) is 20.5 Å². The lowest BCUT2D eigenvalue weighted by Crippen LogP contribution is -2.23. The van der Waals surface area contributed by atoms with Crippen LogP contribution in [0.5, 0.6) is 0 Å². The zero-order valence-electron chi connectivity index (χ0n) is 12.4. The average molecular weight is 329 g/mol. The van der Waals surface area contributed by atoms with E-state index in [1.54, 1.807) is 24.3 Å².